The summed E-state index contributed by atoms with van der Waals surface area (Å²) in [5, 5.41) is 1.10. The lowest BCUT2D eigenvalue weighted by atomic mass is 10.1. The van der Waals surface area contributed by atoms with E-state index in [0.29, 0.717) is 23.0 Å². The highest BCUT2D eigenvalue weighted by Gasteiger charge is 2.05. The third-order valence-corrected chi connectivity index (χ3v) is 3.44. The van der Waals surface area contributed by atoms with Gasteiger partial charge in [0.1, 0.15) is 5.82 Å². The smallest absolute Gasteiger partial charge is 0.133 e. The molecule has 0 aliphatic heterocycles. The van der Waals surface area contributed by atoms with Crippen molar-refractivity contribution in [3.05, 3.63) is 57.1 Å². The minimum atomic E-state index is 0.550. The summed E-state index contributed by atoms with van der Waals surface area (Å²) in [6.45, 7) is 2.54. The molecule has 100 valence electrons. The number of nitrogens with two attached hydrogens (primary N) is 1. The quantitative estimate of drug-likeness (QED) is 0.942. The van der Waals surface area contributed by atoms with Crippen LogP contribution in [0.2, 0.25) is 10.0 Å². The molecule has 0 radical (unpaired) electrons. The van der Waals surface area contributed by atoms with Gasteiger partial charge in [-0.1, -0.05) is 29.3 Å². The van der Waals surface area contributed by atoms with Crippen LogP contribution in [-0.2, 0) is 12.8 Å². The van der Waals surface area contributed by atoms with Gasteiger partial charge in [-0.05, 0) is 37.2 Å². The van der Waals surface area contributed by atoms with Crippen LogP contribution in [0.3, 0.4) is 0 Å². The Hall–Kier alpha value is -1.16. The lowest BCUT2D eigenvalue weighted by Crippen LogP contribution is -2.08. The molecule has 2 N–H and O–H groups in total. The summed E-state index contributed by atoms with van der Waals surface area (Å²) < 4.78 is 0. The molecule has 0 saturated carbocycles. The molecule has 2 aromatic rings. The minimum absolute atomic E-state index is 0.550. The van der Waals surface area contributed by atoms with Crippen molar-refractivity contribution in [3.63, 3.8) is 0 Å². The van der Waals surface area contributed by atoms with Crippen LogP contribution < -0.4 is 5.73 Å². The fraction of sp³-hybridized carbons (Fsp3) is 0.286. The number of aryl methyl sites for hydroxylation is 1. The summed E-state index contributed by atoms with van der Waals surface area (Å²) >= 11 is 11.9. The number of hydrogen-bond acceptors (Lipinski definition) is 3. The van der Waals surface area contributed by atoms with Crippen molar-refractivity contribution in [1.29, 1.82) is 0 Å². The van der Waals surface area contributed by atoms with E-state index < -0.39 is 0 Å². The fourth-order valence-electron chi connectivity index (χ4n) is 1.89. The molecular formula is C14H15Cl2N3. The fourth-order valence-corrected chi connectivity index (χ4v) is 2.21. The molecule has 0 saturated heterocycles. The van der Waals surface area contributed by atoms with Crippen LogP contribution in [0.4, 0.5) is 0 Å². The van der Waals surface area contributed by atoms with Crippen molar-refractivity contribution in [1.82, 2.24) is 9.97 Å². The average molecular weight is 296 g/mol. The summed E-state index contributed by atoms with van der Waals surface area (Å²) in [5.41, 5.74) is 8.53. The second-order valence-corrected chi connectivity index (χ2v) is 5.20. The Labute approximate surface area is 122 Å². The van der Waals surface area contributed by atoms with Crippen molar-refractivity contribution in [2.75, 3.05) is 6.54 Å². The molecule has 0 atom stereocenters. The zero-order chi connectivity index (χ0) is 13.8. The van der Waals surface area contributed by atoms with E-state index in [2.05, 4.69) is 9.97 Å². The van der Waals surface area contributed by atoms with Crippen LogP contribution >= 0.6 is 23.2 Å². The Balaban J connectivity index is 2.24. The van der Waals surface area contributed by atoms with Crippen molar-refractivity contribution < 1.29 is 0 Å². The predicted molar refractivity (Wildman–Crippen MR) is 78.8 cm³/mol. The summed E-state index contributed by atoms with van der Waals surface area (Å²) in [4.78, 5) is 8.94. The lowest BCUT2D eigenvalue weighted by Gasteiger charge is -2.06. The van der Waals surface area contributed by atoms with Gasteiger partial charge in [0.15, 0.2) is 0 Å². The molecule has 0 unspecified atom stereocenters. The Kier molecular flexibility index (Phi) is 4.75. The first-order chi connectivity index (χ1) is 9.08. The summed E-state index contributed by atoms with van der Waals surface area (Å²) in [5.74, 6) is 0.779. The standard InChI is InChI=1S/C14H15Cl2N3/c1-9-6-11(4-5-17)19-14(18-9)8-10-2-3-12(15)13(16)7-10/h2-3,6-7H,4-5,8,17H2,1H3. The molecule has 0 spiro atoms. The number of halogens is 2. The summed E-state index contributed by atoms with van der Waals surface area (Å²) in [6.07, 6.45) is 1.40. The first-order valence-electron chi connectivity index (χ1n) is 6.06. The van der Waals surface area contributed by atoms with Crippen LogP contribution in [0.15, 0.2) is 24.3 Å². The first kappa shape index (κ1) is 14.3. The Morgan fingerprint density at radius 1 is 1.11 bits per heavy atom. The first-order valence-corrected chi connectivity index (χ1v) is 6.81. The van der Waals surface area contributed by atoms with E-state index in [1.54, 1.807) is 6.07 Å². The van der Waals surface area contributed by atoms with E-state index in [-0.39, 0.29) is 0 Å². The van der Waals surface area contributed by atoms with Crippen molar-refractivity contribution in [3.8, 4) is 0 Å². The molecule has 0 aliphatic carbocycles. The zero-order valence-corrected chi connectivity index (χ0v) is 12.2. The highest BCUT2D eigenvalue weighted by atomic mass is 35.5. The van der Waals surface area contributed by atoms with E-state index in [1.807, 2.05) is 25.1 Å². The highest BCUT2D eigenvalue weighted by Crippen LogP contribution is 2.23. The predicted octanol–water partition coefficient (Wildman–Crippen LogP) is 3.18. The molecule has 1 aromatic heterocycles. The SMILES string of the molecule is Cc1cc(CCN)nc(Cc2ccc(Cl)c(Cl)c2)n1. The summed E-state index contributed by atoms with van der Waals surface area (Å²) in [7, 11) is 0. The van der Waals surface area contributed by atoms with Crippen LogP contribution in [0.25, 0.3) is 0 Å². The number of hydrogen-bond donors (Lipinski definition) is 1. The van der Waals surface area contributed by atoms with E-state index in [9.17, 15) is 0 Å². The average Bonchev–Trinajstić information content (AvgIpc) is 2.33. The van der Waals surface area contributed by atoms with Gasteiger partial charge in [-0.25, -0.2) is 9.97 Å². The normalized spacial score (nSPS) is 10.7. The Morgan fingerprint density at radius 3 is 2.58 bits per heavy atom. The third-order valence-electron chi connectivity index (χ3n) is 2.70. The number of rotatable bonds is 4. The van der Waals surface area contributed by atoms with Crippen LogP contribution in [0.5, 0.6) is 0 Å². The van der Waals surface area contributed by atoms with E-state index >= 15 is 0 Å². The van der Waals surface area contributed by atoms with Gasteiger partial charge >= 0.3 is 0 Å². The van der Waals surface area contributed by atoms with Gasteiger partial charge in [0.25, 0.3) is 0 Å². The van der Waals surface area contributed by atoms with Gasteiger partial charge in [0.05, 0.1) is 10.0 Å². The molecule has 0 aliphatic rings. The van der Waals surface area contributed by atoms with E-state index in [4.69, 9.17) is 28.9 Å². The van der Waals surface area contributed by atoms with Crippen LogP contribution in [0.1, 0.15) is 22.8 Å². The van der Waals surface area contributed by atoms with Gasteiger partial charge in [-0.2, -0.15) is 0 Å². The maximum Gasteiger partial charge on any atom is 0.133 e. The Bertz CT molecular complexity index is 585. The molecule has 0 amide bonds. The molecule has 2 rings (SSSR count). The lowest BCUT2D eigenvalue weighted by molar-refractivity contribution is 0.853. The largest absolute Gasteiger partial charge is 0.330 e. The summed E-state index contributed by atoms with van der Waals surface area (Å²) in [6, 6.07) is 7.53. The molecule has 0 bridgehead atoms. The van der Waals surface area contributed by atoms with Crippen LogP contribution in [-0.4, -0.2) is 16.5 Å². The minimum Gasteiger partial charge on any atom is -0.330 e. The maximum absolute atomic E-state index is 6.00. The van der Waals surface area contributed by atoms with Gasteiger partial charge in [-0.3, -0.25) is 0 Å². The van der Waals surface area contributed by atoms with E-state index in [0.717, 1.165) is 29.2 Å². The van der Waals surface area contributed by atoms with Gasteiger partial charge in [0, 0.05) is 24.2 Å². The number of aromatic nitrogens is 2. The molecule has 0 fully saturated rings. The molecule has 1 aromatic carbocycles. The van der Waals surface area contributed by atoms with Gasteiger partial charge in [-0.15, -0.1) is 0 Å². The molecule has 19 heavy (non-hydrogen) atoms. The van der Waals surface area contributed by atoms with Crippen molar-refractivity contribution >= 4 is 23.2 Å². The van der Waals surface area contributed by atoms with Gasteiger partial charge in [0.2, 0.25) is 0 Å². The number of benzene rings is 1. The highest BCUT2D eigenvalue weighted by molar-refractivity contribution is 6.42. The second kappa shape index (κ2) is 6.33. The molecule has 3 nitrogen and oxygen atoms in total. The second-order valence-electron chi connectivity index (χ2n) is 4.38. The van der Waals surface area contributed by atoms with Crippen molar-refractivity contribution in [2.45, 2.75) is 19.8 Å². The Morgan fingerprint density at radius 2 is 1.89 bits per heavy atom. The van der Waals surface area contributed by atoms with Crippen molar-refractivity contribution in [2.24, 2.45) is 5.73 Å². The molecule has 1 heterocycles. The number of nitrogens with zero attached hydrogens (tertiary/aromatic N) is 2. The zero-order valence-electron chi connectivity index (χ0n) is 10.7. The maximum atomic E-state index is 6.00. The monoisotopic (exact) mass is 295 g/mol. The molecule has 5 heteroatoms. The third kappa shape index (κ3) is 3.90. The van der Waals surface area contributed by atoms with E-state index in [1.165, 1.54) is 0 Å². The molecular weight excluding hydrogens is 281 g/mol. The topological polar surface area (TPSA) is 51.8 Å². The van der Waals surface area contributed by atoms with Gasteiger partial charge < -0.3 is 5.73 Å². The van der Waals surface area contributed by atoms with Crippen LogP contribution in [0, 0.1) is 6.92 Å².